The standard InChI is InChI=1S/C13H17N3/c1-3-16-11(8-14)9-15-13(16)12-7-5-4-6-10(12)2/h4-7,9H,3,8,14H2,1-2H3. The van der Waals surface area contributed by atoms with Gasteiger partial charge in [-0.25, -0.2) is 4.98 Å². The van der Waals surface area contributed by atoms with Crippen LogP contribution in [0.2, 0.25) is 0 Å². The van der Waals surface area contributed by atoms with Gasteiger partial charge in [0.15, 0.2) is 0 Å². The molecule has 0 aliphatic rings. The van der Waals surface area contributed by atoms with E-state index in [1.54, 1.807) is 0 Å². The Kier molecular flexibility index (Phi) is 3.06. The van der Waals surface area contributed by atoms with Crippen molar-refractivity contribution >= 4 is 0 Å². The summed E-state index contributed by atoms with van der Waals surface area (Å²) in [6, 6.07) is 8.29. The predicted molar refractivity (Wildman–Crippen MR) is 66.0 cm³/mol. The number of hydrogen-bond acceptors (Lipinski definition) is 2. The van der Waals surface area contributed by atoms with Crippen LogP contribution >= 0.6 is 0 Å². The zero-order valence-corrected chi connectivity index (χ0v) is 9.77. The molecule has 0 aliphatic carbocycles. The molecular formula is C13H17N3. The molecule has 3 nitrogen and oxygen atoms in total. The van der Waals surface area contributed by atoms with Gasteiger partial charge in [0.05, 0.1) is 11.9 Å². The second kappa shape index (κ2) is 4.49. The Morgan fingerprint density at radius 1 is 1.31 bits per heavy atom. The first kappa shape index (κ1) is 10.9. The Hall–Kier alpha value is -1.61. The van der Waals surface area contributed by atoms with Gasteiger partial charge in [-0.1, -0.05) is 24.3 Å². The van der Waals surface area contributed by atoms with Crippen LogP contribution in [0.15, 0.2) is 30.5 Å². The van der Waals surface area contributed by atoms with Crippen molar-refractivity contribution in [1.29, 1.82) is 0 Å². The van der Waals surface area contributed by atoms with Gasteiger partial charge in [-0.2, -0.15) is 0 Å². The molecule has 0 unspecified atom stereocenters. The molecule has 0 radical (unpaired) electrons. The summed E-state index contributed by atoms with van der Waals surface area (Å²) in [6.07, 6.45) is 1.87. The van der Waals surface area contributed by atoms with Gasteiger partial charge in [0.2, 0.25) is 0 Å². The molecule has 84 valence electrons. The molecule has 1 aromatic carbocycles. The second-order valence-corrected chi connectivity index (χ2v) is 3.84. The zero-order valence-electron chi connectivity index (χ0n) is 9.77. The average Bonchev–Trinajstić information content (AvgIpc) is 2.72. The third kappa shape index (κ3) is 1.74. The lowest BCUT2D eigenvalue weighted by Crippen LogP contribution is -2.07. The van der Waals surface area contributed by atoms with Crippen molar-refractivity contribution in [3.05, 3.63) is 41.7 Å². The highest BCUT2D eigenvalue weighted by Gasteiger charge is 2.10. The van der Waals surface area contributed by atoms with Crippen molar-refractivity contribution in [2.75, 3.05) is 0 Å². The summed E-state index contributed by atoms with van der Waals surface area (Å²) in [5.41, 5.74) is 9.21. The van der Waals surface area contributed by atoms with Crippen molar-refractivity contribution < 1.29 is 0 Å². The molecule has 0 atom stereocenters. The van der Waals surface area contributed by atoms with Gasteiger partial charge >= 0.3 is 0 Å². The van der Waals surface area contributed by atoms with Crippen LogP contribution in [-0.2, 0) is 13.1 Å². The molecule has 0 fully saturated rings. The predicted octanol–water partition coefficient (Wildman–Crippen LogP) is 2.34. The van der Waals surface area contributed by atoms with E-state index in [-0.39, 0.29) is 0 Å². The van der Waals surface area contributed by atoms with Gasteiger partial charge in [-0.3, -0.25) is 0 Å². The number of aromatic nitrogens is 2. The first-order valence-electron chi connectivity index (χ1n) is 5.58. The molecule has 2 rings (SSSR count). The number of rotatable bonds is 3. The van der Waals surface area contributed by atoms with E-state index in [1.165, 1.54) is 11.1 Å². The quantitative estimate of drug-likeness (QED) is 0.854. The normalized spacial score (nSPS) is 10.7. The molecule has 3 heteroatoms. The van der Waals surface area contributed by atoms with Crippen LogP contribution in [-0.4, -0.2) is 9.55 Å². The van der Waals surface area contributed by atoms with Crippen LogP contribution in [0.3, 0.4) is 0 Å². The van der Waals surface area contributed by atoms with Crippen molar-refractivity contribution in [1.82, 2.24) is 9.55 Å². The van der Waals surface area contributed by atoms with E-state index in [4.69, 9.17) is 5.73 Å². The van der Waals surface area contributed by atoms with Crippen LogP contribution < -0.4 is 5.73 Å². The maximum atomic E-state index is 5.69. The number of nitrogens with two attached hydrogens (primary N) is 1. The van der Waals surface area contributed by atoms with Crippen molar-refractivity contribution in [2.45, 2.75) is 26.9 Å². The molecule has 2 aromatic rings. The third-order valence-corrected chi connectivity index (χ3v) is 2.85. The average molecular weight is 215 g/mol. The first-order valence-corrected chi connectivity index (χ1v) is 5.58. The second-order valence-electron chi connectivity index (χ2n) is 3.84. The number of benzene rings is 1. The Labute approximate surface area is 95.9 Å². The van der Waals surface area contributed by atoms with Crippen LogP contribution in [0.25, 0.3) is 11.4 Å². The molecule has 2 N–H and O–H groups in total. The molecule has 0 spiro atoms. The minimum Gasteiger partial charge on any atom is -0.327 e. The molecule has 0 saturated heterocycles. The minimum absolute atomic E-state index is 0.534. The summed E-state index contributed by atoms with van der Waals surface area (Å²) in [6.45, 7) is 5.65. The van der Waals surface area contributed by atoms with Gasteiger partial charge < -0.3 is 10.3 Å². The smallest absolute Gasteiger partial charge is 0.140 e. The Bertz CT molecular complexity index is 486. The maximum absolute atomic E-state index is 5.69. The highest BCUT2D eigenvalue weighted by atomic mass is 15.1. The number of nitrogens with zero attached hydrogens (tertiary/aromatic N) is 2. The lowest BCUT2D eigenvalue weighted by atomic mass is 10.1. The van der Waals surface area contributed by atoms with Gasteiger partial charge in [0.1, 0.15) is 5.82 Å². The van der Waals surface area contributed by atoms with E-state index in [0.29, 0.717) is 6.54 Å². The lowest BCUT2D eigenvalue weighted by molar-refractivity contribution is 0.719. The van der Waals surface area contributed by atoms with E-state index in [0.717, 1.165) is 18.1 Å². The maximum Gasteiger partial charge on any atom is 0.140 e. The van der Waals surface area contributed by atoms with Gasteiger partial charge in [-0.05, 0) is 19.4 Å². The van der Waals surface area contributed by atoms with Crippen molar-refractivity contribution in [3.8, 4) is 11.4 Å². The fourth-order valence-electron chi connectivity index (χ4n) is 1.97. The fraction of sp³-hybridized carbons (Fsp3) is 0.308. The summed E-state index contributed by atoms with van der Waals surface area (Å²) >= 11 is 0. The molecule has 0 bridgehead atoms. The largest absolute Gasteiger partial charge is 0.327 e. The minimum atomic E-state index is 0.534. The summed E-state index contributed by atoms with van der Waals surface area (Å²) in [7, 11) is 0. The highest BCUT2D eigenvalue weighted by Crippen LogP contribution is 2.22. The van der Waals surface area contributed by atoms with E-state index in [1.807, 2.05) is 18.3 Å². The van der Waals surface area contributed by atoms with E-state index in [2.05, 4.69) is 35.5 Å². The number of hydrogen-bond donors (Lipinski definition) is 1. The molecule has 1 aromatic heterocycles. The van der Waals surface area contributed by atoms with Crippen LogP contribution in [0, 0.1) is 6.92 Å². The summed E-state index contributed by atoms with van der Waals surface area (Å²) < 4.78 is 2.17. The molecule has 0 saturated carbocycles. The topological polar surface area (TPSA) is 43.8 Å². The van der Waals surface area contributed by atoms with Crippen molar-refractivity contribution in [2.24, 2.45) is 5.73 Å². The Balaban J connectivity index is 2.56. The van der Waals surface area contributed by atoms with Crippen molar-refractivity contribution in [3.63, 3.8) is 0 Å². The monoisotopic (exact) mass is 215 g/mol. The summed E-state index contributed by atoms with van der Waals surface area (Å²) in [5.74, 6) is 1.01. The van der Waals surface area contributed by atoms with E-state index < -0.39 is 0 Å². The number of imidazole rings is 1. The molecule has 16 heavy (non-hydrogen) atoms. The van der Waals surface area contributed by atoms with E-state index in [9.17, 15) is 0 Å². The molecule has 1 heterocycles. The van der Waals surface area contributed by atoms with Gasteiger partial charge in [0, 0.05) is 18.7 Å². The number of aryl methyl sites for hydroxylation is 1. The van der Waals surface area contributed by atoms with Crippen LogP contribution in [0.1, 0.15) is 18.2 Å². The van der Waals surface area contributed by atoms with Crippen LogP contribution in [0.4, 0.5) is 0 Å². The lowest BCUT2D eigenvalue weighted by Gasteiger charge is -2.10. The van der Waals surface area contributed by atoms with Gasteiger partial charge in [-0.15, -0.1) is 0 Å². The van der Waals surface area contributed by atoms with Gasteiger partial charge in [0.25, 0.3) is 0 Å². The van der Waals surface area contributed by atoms with E-state index >= 15 is 0 Å². The van der Waals surface area contributed by atoms with Crippen LogP contribution in [0.5, 0.6) is 0 Å². The third-order valence-electron chi connectivity index (χ3n) is 2.85. The summed E-state index contributed by atoms with van der Waals surface area (Å²) in [4.78, 5) is 4.47. The molecular weight excluding hydrogens is 198 g/mol. The highest BCUT2D eigenvalue weighted by molar-refractivity contribution is 5.60. The Morgan fingerprint density at radius 3 is 2.69 bits per heavy atom. The molecule has 0 amide bonds. The SMILES string of the molecule is CCn1c(CN)cnc1-c1ccccc1C. The Morgan fingerprint density at radius 2 is 2.06 bits per heavy atom. The fourth-order valence-corrected chi connectivity index (χ4v) is 1.97. The summed E-state index contributed by atoms with van der Waals surface area (Å²) in [5, 5.41) is 0. The first-order chi connectivity index (χ1) is 7.77. The molecule has 0 aliphatic heterocycles. The zero-order chi connectivity index (χ0) is 11.5.